The Kier molecular flexibility index (Phi) is 4.64. The van der Waals surface area contributed by atoms with Gasteiger partial charge in [0.2, 0.25) is 0 Å². The summed E-state index contributed by atoms with van der Waals surface area (Å²) in [6.45, 7) is 0. The molecule has 4 aromatic rings. The zero-order chi connectivity index (χ0) is 19.5. The zero-order valence-electron chi connectivity index (χ0n) is 15.1. The van der Waals surface area contributed by atoms with E-state index >= 15 is 0 Å². The first kappa shape index (κ1) is 17.5. The van der Waals surface area contributed by atoms with Crippen LogP contribution in [-0.2, 0) is 0 Å². The molecular formula is C23H17NO4. The minimum Gasteiger partial charge on any atom is -0.493 e. The third kappa shape index (κ3) is 3.25. The summed E-state index contributed by atoms with van der Waals surface area (Å²) >= 11 is 0. The first-order valence-corrected chi connectivity index (χ1v) is 8.74. The van der Waals surface area contributed by atoms with E-state index < -0.39 is 11.5 Å². The van der Waals surface area contributed by atoms with Gasteiger partial charge in [0.25, 0.3) is 5.91 Å². The van der Waals surface area contributed by atoms with Gasteiger partial charge < -0.3 is 14.5 Å². The fourth-order valence-electron chi connectivity index (χ4n) is 3.09. The third-order valence-electron chi connectivity index (χ3n) is 4.45. The quantitative estimate of drug-likeness (QED) is 0.527. The van der Waals surface area contributed by atoms with Crippen LogP contribution in [0.1, 0.15) is 10.4 Å². The fraction of sp³-hybridized carbons (Fsp3) is 0.0435. The van der Waals surface area contributed by atoms with Crippen LogP contribution in [0, 0.1) is 0 Å². The summed E-state index contributed by atoms with van der Waals surface area (Å²) in [5.41, 5.74) is 1.98. The van der Waals surface area contributed by atoms with Crippen molar-refractivity contribution < 1.29 is 13.9 Å². The lowest BCUT2D eigenvalue weighted by Crippen LogP contribution is -2.21. The molecule has 0 saturated heterocycles. The van der Waals surface area contributed by atoms with Crippen molar-refractivity contribution in [2.45, 2.75) is 0 Å². The molecule has 3 aromatic carbocycles. The topological polar surface area (TPSA) is 68.5 Å². The molecule has 1 heterocycles. The summed E-state index contributed by atoms with van der Waals surface area (Å²) in [6.07, 6.45) is 0. The minimum absolute atomic E-state index is 0.0661. The second-order valence-electron chi connectivity index (χ2n) is 6.19. The lowest BCUT2D eigenvalue weighted by atomic mass is 10.0. The molecule has 138 valence electrons. The molecule has 0 unspecified atom stereocenters. The number of anilines is 1. The molecule has 0 aliphatic heterocycles. The molecule has 0 aliphatic carbocycles. The van der Waals surface area contributed by atoms with Gasteiger partial charge in [0, 0.05) is 16.6 Å². The molecule has 28 heavy (non-hydrogen) atoms. The summed E-state index contributed by atoms with van der Waals surface area (Å²) in [5.74, 6) is -0.0853. The maximum Gasteiger partial charge on any atom is 0.349 e. The van der Waals surface area contributed by atoms with E-state index in [0.717, 1.165) is 11.1 Å². The van der Waals surface area contributed by atoms with Crippen LogP contribution >= 0.6 is 0 Å². The van der Waals surface area contributed by atoms with Crippen molar-refractivity contribution in [3.63, 3.8) is 0 Å². The Balaban J connectivity index is 1.73. The number of hydrogen-bond donors (Lipinski definition) is 1. The Labute approximate surface area is 161 Å². The monoisotopic (exact) mass is 371 g/mol. The molecule has 0 fully saturated rings. The highest BCUT2D eigenvalue weighted by molar-refractivity contribution is 6.07. The van der Waals surface area contributed by atoms with E-state index in [9.17, 15) is 9.59 Å². The SMILES string of the molecule is COc1cccc2cc(C(=O)Nc3ccccc3-c3ccccc3)c(=O)oc12. The largest absolute Gasteiger partial charge is 0.493 e. The number of amides is 1. The lowest BCUT2D eigenvalue weighted by molar-refractivity contribution is 0.102. The van der Waals surface area contributed by atoms with Crippen molar-refractivity contribution in [1.82, 2.24) is 0 Å². The van der Waals surface area contributed by atoms with Gasteiger partial charge in [-0.2, -0.15) is 0 Å². The number of fused-ring (bicyclic) bond motifs is 1. The number of rotatable bonds is 4. The van der Waals surface area contributed by atoms with Crippen molar-refractivity contribution in [2.75, 3.05) is 12.4 Å². The predicted molar refractivity (Wildman–Crippen MR) is 109 cm³/mol. The molecule has 0 aliphatic rings. The van der Waals surface area contributed by atoms with Crippen LogP contribution in [0.2, 0.25) is 0 Å². The normalized spacial score (nSPS) is 10.6. The molecular weight excluding hydrogens is 354 g/mol. The first-order chi connectivity index (χ1) is 13.7. The number of methoxy groups -OCH3 is 1. The lowest BCUT2D eigenvalue weighted by Gasteiger charge is -2.11. The Bertz CT molecular complexity index is 1210. The van der Waals surface area contributed by atoms with Gasteiger partial charge in [-0.25, -0.2) is 4.79 Å². The molecule has 5 nitrogen and oxygen atoms in total. The molecule has 0 radical (unpaired) electrons. The van der Waals surface area contributed by atoms with Crippen LogP contribution in [0.4, 0.5) is 5.69 Å². The maximum absolute atomic E-state index is 12.8. The van der Waals surface area contributed by atoms with Crippen LogP contribution in [0.5, 0.6) is 5.75 Å². The Morgan fingerprint density at radius 2 is 1.68 bits per heavy atom. The zero-order valence-corrected chi connectivity index (χ0v) is 15.1. The summed E-state index contributed by atoms with van der Waals surface area (Å²) in [4.78, 5) is 25.2. The Morgan fingerprint density at radius 1 is 0.929 bits per heavy atom. The number of benzene rings is 3. The highest BCUT2D eigenvalue weighted by Gasteiger charge is 2.17. The van der Waals surface area contributed by atoms with Gasteiger partial charge in [0.05, 0.1) is 7.11 Å². The average molecular weight is 371 g/mol. The second kappa shape index (κ2) is 7.40. The molecule has 4 rings (SSSR count). The molecule has 1 amide bonds. The van der Waals surface area contributed by atoms with Gasteiger partial charge in [-0.05, 0) is 23.8 Å². The summed E-state index contributed by atoms with van der Waals surface area (Å²) in [7, 11) is 1.50. The van der Waals surface area contributed by atoms with Gasteiger partial charge in [0.1, 0.15) is 5.56 Å². The maximum atomic E-state index is 12.8. The fourth-order valence-corrected chi connectivity index (χ4v) is 3.09. The number of carbonyl (C=O) groups is 1. The van der Waals surface area contributed by atoms with Gasteiger partial charge in [-0.15, -0.1) is 0 Å². The van der Waals surface area contributed by atoms with Crippen LogP contribution in [0.25, 0.3) is 22.1 Å². The molecule has 1 aromatic heterocycles. The van der Waals surface area contributed by atoms with Crippen LogP contribution < -0.4 is 15.7 Å². The van der Waals surface area contributed by atoms with E-state index in [4.69, 9.17) is 9.15 Å². The van der Waals surface area contributed by atoms with Gasteiger partial charge in [-0.1, -0.05) is 60.7 Å². The number of hydrogen-bond acceptors (Lipinski definition) is 4. The molecule has 0 bridgehead atoms. The Morgan fingerprint density at radius 3 is 2.46 bits per heavy atom. The van der Waals surface area contributed by atoms with Crippen molar-refractivity contribution >= 4 is 22.6 Å². The van der Waals surface area contributed by atoms with E-state index in [2.05, 4.69) is 5.32 Å². The van der Waals surface area contributed by atoms with E-state index in [1.54, 1.807) is 24.3 Å². The highest BCUT2D eigenvalue weighted by Crippen LogP contribution is 2.28. The van der Waals surface area contributed by atoms with Crippen LogP contribution in [0.3, 0.4) is 0 Å². The highest BCUT2D eigenvalue weighted by atomic mass is 16.5. The molecule has 5 heteroatoms. The number of ether oxygens (including phenoxy) is 1. The minimum atomic E-state index is -0.716. The average Bonchev–Trinajstić information content (AvgIpc) is 2.74. The first-order valence-electron chi connectivity index (χ1n) is 8.74. The molecule has 0 spiro atoms. The van der Waals surface area contributed by atoms with Crippen molar-refractivity contribution in [1.29, 1.82) is 0 Å². The van der Waals surface area contributed by atoms with Crippen molar-refractivity contribution in [2.24, 2.45) is 0 Å². The second-order valence-corrected chi connectivity index (χ2v) is 6.19. The summed E-state index contributed by atoms with van der Waals surface area (Å²) in [6, 6.07) is 23.9. The number of nitrogens with one attached hydrogen (secondary N) is 1. The van der Waals surface area contributed by atoms with E-state index in [1.807, 2.05) is 48.5 Å². The van der Waals surface area contributed by atoms with E-state index in [-0.39, 0.29) is 5.56 Å². The van der Waals surface area contributed by atoms with Gasteiger partial charge in [-0.3, -0.25) is 4.79 Å². The van der Waals surface area contributed by atoms with Crippen molar-refractivity contribution in [3.8, 4) is 16.9 Å². The van der Waals surface area contributed by atoms with Crippen molar-refractivity contribution in [3.05, 3.63) is 94.8 Å². The number of carbonyl (C=O) groups excluding carboxylic acids is 1. The third-order valence-corrected chi connectivity index (χ3v) is 4.45. The van der Waals surface area contributed by atoms with Gasteiger partial charge >= 0.3 is 5.63 Å². The smallest absolute Gasteiger partial charge is 0.349 e. The number of para-hydroxylation sites is 2. The Hall–Kier alpha value is -3.86. The van der Waals surface area contributed by atoms with Gasteiger partial charge in [0.15, 0.2) is 11.3 Å². The standard InChI is InChI=1S/C23H17NO4/c1-27-20-13-7-10-16-14-18(23(26)28-21(16)20)22(25)24-19-12-6-5-11-17(19)15-8-3-2-4-9-15/h2-14H,1H3,(H,24,25). The van der Waals surface area contributed by atoms with Crippen LogP contribution in [0.15, 0.2) is 88.1 Å². The summed E-state index contributed by atoms with van der Waals surface area (Å²) in [5, 5.41) is 3.44. The predicted octanol–water partition coefficient (Wildman–Crippen LogP) is 4.72. The van der Waals surface area contributed by atoms with Crippen LogP contribution in [-0.4, -0.2) is 13.0 Å². The van der Waals surface area contributed by atoms with E-state index in [1.165, 1.54) is 13.2 Å². The summed E-state index contributed by atoms with van der Waals surface area (Å²) < 4.78 is 10.6. The molecule has 0 saturated carbocycles. The van der Waals surface area contributed by atoms with E-state index in [0.29, 0.717) is 22.4 Å². The molecule has 0 atom stereocenters. The molecule has 1 N–H and O–H groups in total.